The molecule has 0 saturated heterocycles. The summed E-state index contributed by atoms with van der Waals surface area (Å²) in [4.78, 5) is 12.2. The number of amides is 1. The number of benzene rings is 2. The van der Waals surface area contributed by atoms with Crippen molar-refractivity contribution in [2.45, 2.75) is 13.0 Å². The SMILES string of the molecule is Cc1ccc(Cl)cc1C(=O)NC(C#N)c1ccccc1. The molecule has 0 fully saturated rings. The number of nitriles is 1. The van der Waals surface area contributed by atoms with Crippen LogP contribution < -0.4 is 5.32 Å². The van der Waals surface area contributed by atoms with Gasteiger partial charge in [0.05, 0.1) is 6.07 Å². The third kappa shape index (κ3) is 3.17. The average Bonchev–Trinajstić information content (AvgIpc) is 2.48. The van der Waals surface area contributed by atoms with Crippen molar-refractivity contribution in [2.75, 3.05) is 0 Å². The highest BCUT2D eigenvalue weighted by atomic mass is 35.5. The largest absolute Gasteiger partial charge is 0.332 e. The molecule has 0 heterocycles. The molecule has 1 atom stereocenters. The molecule has 3 nitrogen and oxygen atoms in total. The summed E-state index contributed by atoms with van der Waals surface area (Å²) in [5.41, 5.74) is 2.05. The molecule has 2 aromatic rings. The highest BCUT2D eigenvalue weighted by Gasteiger charge is 2.16. The van der Waals surface area contributed by atoms with Crippen molar-refractivity contribution in [2.24, 2.45) is 0 Å². The van der Waals surface area contributed by atoms with Crippen LogP contribution in [-0.2, 0) is 0 Å². The zero-order valence-electron chi connectivity index (χ0n) is 10.9. The molecule has 2 rings (SSSR count). The molecule has 0 aliphatic rings. The van der Waals surface area contributed by atoms with E-state index in [9.17, 15) is 10.1 Å². The van der Waals surface area contributed by atoms with Gasteiger partial charge < -0.3 is 5.32 Å². The predicted octanol–water partition coefficient (Wildman–Crippen LogP) is 3.64. The molecule has 100 valence electrons. The topological polar surface area (TPSA) is 52.9 Å². The predicted molar refractivity (Wildman–Crippen MR) is 78.5 cm³/mol. The van der Waals surface area contributed by atoms with E-state index in [4.69, 9.17) is 11.6 Å². The molecule has 0 saturated carbocycles. The van der Waals surface area contributed by atoms with Gasteiger partial charge in [0, 0.05) is 10.6 Å². The Kier molecular flexibility index (Phi) is 4.39. The Bertz CT molecular complexity index is 662. The number of carbonyl (C=O) groups excluding carboxylic acids is 1. The zero-order chi connectivity index (χ0) is 14.5. The van der Waals surface area contributed by atoms with Crippen LogP contribution in [0.5, 0.6) is 0 Å². The average molecular weight is 285 g/mol. The van der Waals surface area contributed by atoms with Gasteiger partial charge in [-0.25, -0.2) is 0 Å². The molecular formula is C16H13ClN2O. The van der Waals surface area contributed by atoms with Gasteiger partial charge in [-0.15, -0.1) is 0 Å². The third-order valence-corrected chi connectivity index (χ3v) is 3.22. The van der Waals surface area contributed by atoms with Crippen LogP contribution in [0, 0.1) is 18.3 Å². The van der Waals surface area contributed by atoms with E-state index in [0.717, 1.165) is 11.1 Å². The van der Waals surface area contributed by atoms with E-state index in [1.807, 2.05) is 25.1 Å². The highest BCUT2D eigenvalue weighted by Crippen LogP contribution is 2.17. The van der Waals surface area contributed by atoms with Gasteiger partial charge in [0.25, 0.3) is 5.91 Å². The second kappa shape index (κ2) is 6.23. The van der Waals surface area contributed by atoms with Crippen LogP contribution in [-0.4, -0.2) is 5.91 Å². The fraction of sp³-hybridized carbons (Fsp3) is 0.125. The van der Waals surface area contributed by atoms with E-state index in [1.165, 1.54) is 0 Å². The molecule has 0 radical (unpaired) electrons. The lowest BCUT2D eigenvalue weighted by Gasteiger charge is -2.13. The number of hydrogen-bond acceptors (Lipinski definition) is 2. The summed E-state index contributed by atoms with van der Waals surface area (Å²) in [6, 6.07) is 15.7. The molecule has 4 heteroatoms. The Hall–Kier alpha value is -2.31. The van der Waals surface area contributed by atoms with Gasteiger partial charge in [0.2, 0.25) is 0 Å². The minimum absolute atomic E-state index is 0.305. The summed E-state index contributed by atoms with van der Waals surface area (Å²) >= 11 is 5.90. The fourth-order valence-corrected chi connectivity index (χ4v) is 2.06. The smallest absolute Gasteiger partial charge is 0.252 e. The second-order valence-corrected chi connectivity index (χ2v) is 4.84. The van der Waals surface area contributed by atoms with Gasteiger partial charge in [-0.1, -0.05) is 48.0 Å². The Morgan fingerprint density at radius 2 is 1.95 bits per heavy atom. The third-order valence-electron chi connectivity index (χ3n) is 2.98. The van der Waals surface area contributed by atoms with Gasteiger partial charge in [0.15, 0.2) is 0 Å². The summed E-state index contributed by atoms with van der Waals surface area (Å²) in [5.74, 6) is -0.305. The van der Waals surface area contributed by atoms with Gasteiger partial charge in [0.1, 0.15) is 6.04 Å². The summed E-state index contributed by atoms with van der Waals surface area (Å²) in [7, 11) is 0. The number of aryl methyl sites for hydroxylation is 1. The lowest BCUT2D eigenvalue weighted by atomic mass is 10.1. The standard InChI is InChI=1S/C16H13ClN2O/c1-11-7-8-13(17)9-14(11)16(20)19-15(10-18)12-5-3-2-4-6-12/h2-9,15H,1H3,(H,19,20). The van der Waals surface area contributed by atoms with Crippen molar-refractivity contribution in [1.29, 1.82) is 5.26 Å². The first kappa shape index (κ1) is 14.1. The van der Waals surface area contributed by atoms with Crippen LogP contribution in [0.2, 0.25) is 5.02 Å². The van der Waals surface area contributed by atoms with Crippen LogP contribution in [0.15, 0.2) is 48.5 Å². The first-order valence-corrected chi connectivity index (χ1v) is 6.51. The molecule has 1 N–H and O–H groups in total. The van der Waals surface area contributed by atoms with Crippen molar-refractivity contribution >= 4 is 17.5 Å². The minimum Gasteiger partial charge on any atom is -0.332 e. The maximum Gasteiger partial charge on any atom is 0.252 e. The van der Waals surface area contributed by atoms with E-state index >= 15 is 0 Å². The first-order valence-electron chi connectivity index (χ1n) is 6.13. The molecule has 0 aliphatic heterocycles. The van der Waals surface area contributed by atoms with Crippen LogP contribution >= 0.6 is 11.6 Å². The quantitative estimate of drug-likeness (QED) is 0.935. The molecule has 0 aliphatic carbocycles. The number of nitrogens with zero attached hydrogens (tertiary/aromatic N) is 1. The summed E-state index contributed by atoms with van der Waals surface area (Å²) in [5, 5.41) is 12.4. The molecule has 0 aromatic heterocycles. The summed E-state index contributed by atoms with van der Waals surface area (Å²) in [6.07, 6.45) is 0. The number of halogens is 1. The van der Waals surface area contributed by atoms with Gasteiger partial charge in [-0.3, -0.25) is 4.79 Å². The normalized spacial score (nSPS) is 11.4. The van der Waals surface area contributed by atoms with Crippen molar-refractivity contribution < 1.29 is 4.79 Å². The van der Waals surface area contributed by atoms with Crippen LogP contribution in [0.1, 0.15) is 27.5 Å². The van der Waals surface area contributed by atoms with E-state index < -0.39 is 6.04 Å². The van der Waals surface area contributed by atoms with Gasteiger partial charge in [-0.05, 0) is 30.2 Å². The second-order valence-electron chi connectivity index (χ2n) is 4.41. The molecule has 0 spiro atoms. The van der Waals surface area contributed by atoms with Crippen molar-refractivity contribution in [3.63, 3.8) is 0 Å². The van der Waals surface area contributed by atoms with Gasteiger partial charge in [-0.2, -0.15) is 5.26 Å². The van der Waals surface area contributed by atoms with Gasteiger partial charge >= 0.3 is 0 Å². The van der Waals surface area contributed by atoms with E-state index in [-0.39, 0.29) is 5.91 Å². The number of carbonyl (C=O) groups is 1. The van der Waals surface area contributed by atoms with Crippen LogP contribution in [0.4, 0.5) is 0 Å². The first-order chi connectivity index (χ1) is 9.61. The van der Waals surface area contributed by atoms with Crippen molar-refractivity contribution in [3.05, 3.63) is 70.2 Å². The molecule has 20 heavy (non-hydrogen) atoms. The van der Waals surface area contributed by atoms with Crippen LogP contribution in [0.25, 0.3) is 0 Å². The maximum atomic E-state index is 12.2. The number of nitrogens with one attached hydrogen (secondary N) is 1. The Balaban J connectivity index is 2.22. The minimum atomic E-state index is -0.679. The van der Waals surface area contributed by atoms with E-state index in [2.05, 4.69) is 11.4 Å². The lowest BCUT2D eigenvalue weighted by Crippen LogP contribution is -2.28. The summed E-state index contributed by atoms with van der Waals surface area (Å²) < 4.78 is 0. The fourth-order valence-electron chi connectivity index (χ4n) is 1.88. The molecule has 1 amide bonds. The lowest BCUT2D eigenvalue weighted by molar-refractivity contribution is 0.0944. The summed E-state index contributed by atoms with van der Waals surface area (Å²) in [6.45, 7) is 1.83. The molecular weight excluding hydrogens is 272 g/mol. The van der Waals surface area contributed by atoms with Crippen molar-refractivity contribution in [1.82, 2.24) is 5.32 Å². The zero-order valence-corrected chi connectivity index (χ0v) is 11.7. The molecule has 1 unspecified atom stereocenters. The number of hydrogen-bond donors (Lipinski definition) is 1. The maximum absolute atomic E-state index is 12.2. The van der Waals surface area contributed by atoms with Crippen LogP contribution in [0.3, 0.4) is 0 Å². The molecule has 0 bridgehead atoms. The molecule has 2 aromatic carbocycles. The number of rotatable bonds is 3. The Morgan fingerprint density at radius 1 is 1.25 bits per heavy atom. The Labute approximate surface area is 122 Å². The van der Waals surface area contributed by atoms with Crippen molar-refractivity contribution in [3.8, 4) is 6.07 Å². The highest BCUT2D eigenvalue weighted by molar-refractivity contribution is 6.31. The van der Waals surface area contributed by atoms with E-state index in [1.54, 1.807) is 30.3 Å². The monoisotopic (exact) mass is 284 g/mol. The Morgan fingerprint density at radius 3 is 2.60 bits per heavy atom. The van der Waals surface area contributed by atoms with E-state index in [0.29, 0.717) is 10.6 Å².